The van der Waals surface area contributed by atoms with E-state index >= 15 is 0 Å². The van der Waals surface area contributed by atoms with Crippen LogP contribution in [0.25, 0.3) is 0 Å². The van der Waals surface area contributed by atoms with E-state index in [1.165, 1.54) is 0 Å². The number of aromatic amines is 1. The Morgan fingerprint density at radius 3 is 2.80 bits per heavy atom. The lowest BCUT2D eigenvalue weighted by Crippen LogP contribution is -2.23. The smallest absolute Gasteiger partial charge is 0.226 e. The van der Waals surface area contributed by atoms with Gasteiger partial charge in [0.2, 0.25) is 5.91 Å². The molecule has 1 unspecified atom stereocenters. The molecule has 20 heavy (non-hydrogen) atoms. The molecule has 0 spiro atoms. The van der Waals surface area contributed by atoms with Gasteiger partial charge in [-0.05, 0) is 18.6 Å². The third-order valence-corrected chi connectivity index (χ3v) is 3.62. The lowest BCUT2D eigenvalue weighted by Gasteiger charge is -2.23. The SMILES string of the molecule is Cc1[nH]nc2c1C(c1ccc(N(C)C)nc1)CC(=O)N2. The molecule has 6 heteroatoms. The van der Waals surface area contributed by atoms with Crippen molar-refractivity contribution in [3.8, 4) is 0 Å². The first-order chi connectivity index (χ1) is 9.56. The van der Waals surface area contributed by atoms with E-state index in [1.54, 1.807) is 0 Å². The summed E-state index contributed by atoms with van der Waals surface area (Å²) in [4.78, 5) is 18.2. The number of rotatable bonds is 2. The van der Waals surface area contributed by atoms with Crippen LogP contribution in [0.3, 0.4) is 0 Å². The van der Waals surface area contributed by atoms with Crippen molar-refractivity contribution in [3.05, 3.63) is 35.2 Å². The largest absolute Gasteiger partial charge is 0.363 e. The van der Waals surface area contributed by atoms with Crippen molar-refractivity contribution >= 4 is 17.5 Å². The van der Waals surface area contributed by atoms with Crippen LogP contribution in [0.1, 0.15) is 29.2 Å². The van der Waals surface area contributed by atoms with Crippen molar-refractivity contribution in [2.75, 3.05) is 24.3 Å². The number of pyridine rings is 1. The molecule has 6 nitrogen and oxygen atoms in total. The average Bonchev–Trinajstić information content (AvgIpc) is 2.79. The number of nitrogens with zero attached hydrogens (tertiary/aromatic N) is 3. The second-order valence-corrected chi connectivity index (χ2v) is 5.26. The van der Waals surface area contributed by atoms with Crippen LogP contribution < -0.4 is 10.2 Å². The number of carbonyl (C=O) groups is 1. The highest BCUT2D eigenvalue weighted by molar-refractivity contribution is 5.94. The van der Waals surface area contributed by atoms with Crippen LogP contribution in [0.5, 0.6) is 0 Å². The number of carbonyl (C=O) groups excluding carboxylic acids is 1. The number of nitrogens with one attached hydrogen (secondary N) is 2. The lowest BCUT2D eigenvalue weighted by atomic mass is 9.87. The van der Waals surface area contributed by atoms with Crippen LogP contribution in [0.2, 0.25) is 0 Å². The molecule has 1 aliphatic rings. The molecule has 2 aromatic heterocycles. The summed E-state index contributed by atoms with van der Waals surface area (Å²) in [6.07, 6.45) is 2.27. The van der Waals surface area contributed by atoms with Crippen molar-refractivity contribution in [2.45, 2.75) is 19.3 Å². The molecule has 3 heterocycles. The van der Waals surface area contributed by atoms with Crippen LogP contribution in [-0.2, 0) is 4.79 Å². The van der Waals surface area contributed by atoms with Crippen molar-refractivity contribution in [2.24, 2.45) is 0 Å². The Labute approximate surface area is 117 Å². The summed E-state index contributed by atoms with van der Waals surface area (Å²) in [5.41, 5.74) is 3.09. The quantitative estimate of drug-likeness (QED) is 0.871. The molecule has 104 valence electrons. The zero-order valence-electron chi connectivity index (χ0n) is 11.8. The van der Waals surface area contributed by atoms with E-state index in [0.717, 1.165) is 22.6 Å². The molecule has 0 saturated heterocycles. The number of hydrogen-bond donors (Lipinski definition) is 2. The summed E-state index contributed by atoms with van der Waals surface area (Å²) in [5, 5.41) is 9.88. The Kier molecular flexibility index (Phi) is 2.93. The van der Waals surface area contributed by atoms with Gasteiger partial charge in [0, 0.05) is 43.9 Å². The van der Waals surface area contributed by atoms with Gasteiger partial charge in [0.25, 0.3) is 0 Å². The molecule has 0 aromatic carbocycles. The van der Waals surface area contributed by atoms with Gasteiger partial charge in [-0.3, -0.25) is 9.89 Å². The fraction of sp³-hybridized carbons (Fsp3) is 0.357. The predicted octanol–water partition coefficient (Wildman–Crippen LogP) is 1.65. The highest BCUT2D eigenvalue weighted by Crippen LogP contribution is 2.37. The van der Waals surface area contributed by atoms with Crippen molar-refractivity contribution in [1.82, 2.24) is 15.2 Å². The summed E-state index contributed by atoms with van der Waals surface area (Å²) in [6.45, 7) is 1.97. The highest BCUT2D eigenvalue weighted by atomic mass is 16.1. The van der Waals surface area contributed by atoms with E-state index in [4.69, 9.17) is 0 Å². The Morgan fingerprint density at radius 2 is 2.15 bits per heavy atom. The molecule has 0 bridgehead atoms. The van der Waals surface area contributed by atoms with Crippen LogP contribution >= 0.6 is 0 Å². The molecule has 0 radical (unpaired) electrons. The van der Waals surface area contributed by atoms with Gasteiger partial charge in [0.15, 0.2) is 5.82 Å². The van der Waals surface area contributed by atoms with Gasteiger partial charge in [-0.1, -0.05) is 6.07 Å². The maximum absolute atomic E-state index is 11.8. The lowest BCUT2D eigenvalue weighted by molar-refractivity contribution is -0.116. The number of aromatic nitrogens is 3. The number of hydrogen-bond acceptors (Lipinski definition) is 4. The molecule has 0 saturated carbocycles. The van der Waals surface area contributed by atoms with Crippen molar-refractivity contribution in [3.63, 3.8) is 0 Å². The summed E-state index contributed by atoms with van der Waals surface area (Å²) in [6, 6.07) is 4.00. The molecule has 0 aliphatic carbocycles. The fourth-order valence-electron chi connectivity index (χ4n) is 2.58. The van der Waals surface area contributed by atoms with E-state index < -0.39 is 0 Å². The Balaban J connectivity index is 2.01. The minimum Gasteiger partial charge on any atom is -0.363 e. The Hall–Kier alpha value is -2.37. The van der Waals surface area contributed by atoms with Crippen molar-refractivity contribution in [1.29, 1.82) is 0 Å². The maximum atomic E-state index is 11.8. The molecule has 0 fully saturated rings. The number of anilines is 2. The minimum atomic E-state index is -0.00862. The van der Waals surface area contributed by atoms with Crippen molar-refractivity contribution < 1.29 is 4.79 Å². The van der Waals surface area contributed by atoms with Crippen LogP contribution in [0.4, 0.5) is 11.6 Å². The second-order valence-electron chi connectivity index (χ2n) is 5.26. The van der Waals surface area contributed by atoms with Gasteiger partial charge < -0.3 is 10.2 Å². The first-order valence-electron chi connectivity index (χ1n) is 6.54. The molecule has 1 aliphatic heterocycles. The molecule has 2 aromatic rings. The number of amides is 1. The first-order valence-corrected chi connectivity index (χ1v) is 6.54. The molecule has 2 N–H and O–H groups in total. The first kappa shape index (κ1) is 12.7. The fourth-order valence-corrected chi connectivity index (χ4v) is 2.58. The Bertz CT molecular complexity index is 644. The van der Waals surface area contributed by atoms with Gasteiger partial charge in [0.1, 0.15) is 5.82 Å². The van der Waals surface area contributed by atoms with Gasteiger partial charge in [-0.15, -0.1) is 0 Å². The van der Waals surface area contributed by atoms with Gasteiger partial charge in [-0.25, -0.2) is 4.98 Å². The topological polar surface area (TPSA) is 73.9 Å². The van der Waals surface area contributed by atoms with Crippen LogP contribution in [0, 0.1) is 6.92 Å². The monoisotopic (exact) mass is 271 g/mol. The summed E-state index contributed by atoms with van der Waals surface area (Å²) in [7, 11) is 3.91. The van der Waals surface area contributed by atoms with Gasteiger partial charge >= 0.3 is 0 Å². The van der Waals surface area contributed by atoms with E-state index in [0.29, 0.717) is 12.2 Å². The molecule has 3 rings (SSSR count). The standard InChI is InChI=1S/C14H17N5O/c1-8-13-10(6-12(20)16-14(13)18-17-8)9-4-5-11(15-7-9)19(2)3/h4-5,7,10H,6H2,1-3H3,(H2,16,17,18,20). The number of H-pyrrole nitrogens is 1. The minimum absolute atomic E-state index is 0.00862. The maximum Gasteiger partial charge on any atom is 0.226 e. The third kappa shape index (κ3) is 2.03. The second kappa shape index (κ2) is 4.63. The van der Waals surface area contributed by atoms with Gasteiger partial charge in [0.05, 0.1) is 0 Å². The normalized spacial score (nSPS) is 17.6. The van der Waals surface area contributed by atoms with E-state index in [9.17, 15) is 4.79 Å². The number of aryl methyl sites for hydroxylation is 1. The summed E-state index contributed by atoms with van der Waals surface area (Å²) >= 11 is 0. The number of fused-ring (bicyclic) bond motifs is 1. The van der Waals surface area contributed by atoms with E-state index in [1.807, 2.05) is 44.2 Å². The highest BCUT2D eigenvalue weighted by Gasteiger charge is 2.30. The summed E-state index contributed by atoms with van der Waals surface area (Å²) < 4.78 is 0. The molecular formula is C14H17N5O. The zero-order valence-corrected chi connectivity index (χ0v) is 11.8. The zero-order chi connectivity index (χ0) is 14.3. The van der Waals surface area contributed by atoms with Crippen LogP contribution in [0.15, 0.2) is 18.3 Å². The summed E-state index contributed by atoms with van der Waals surface area (Å²) in [5.74, 6) is 1.55. The van der Waals surface area contributed by atoms with E-state index in [2.05, 4.69) is 20.5 Å². The Morgan fingerprint density at radius 1 is 1.35 bits per heavy atom. The van der Waals surface area contributed by atoms with E-state index in [-0.39, 0.29) is 11.8 Å². The predicted molar refractivity (Wildman–Crippen MR) is 77.0 cm³/mol. The van der Waals surface area contributed by atoms with Gasteiger partial charge in [-0.2, -0.15) is 5.10 Å². The molecule has 1 atom stereocenters. The third-order valence-electron chi connectivity index (χ3n) is 3.62. The van der Waals surface area contributed by atoms with Crippen LogP contribution in [-0.4, -0.2) is 35.2 Å². The average molecular weight is 271 g/mol. The molecule has 1 amide bonds. The molecular weight excluding hydrogens is 254 g/mol.